The van der Waals surface area contributed by atoms with Crippen LogP contribution in [0.4, 0.5) is 0 Å². The molecule has 0 aliphatic carbocycles. The topological polar surface area (TPSA) is 84.9 Å². The van der Waals surface area contributed by atoms with Crippen LogP contribution in [0.5, 0.6) is 5.75 Å². The summed E-state index contributed by atoms with van der Waals surface area (Å²) in [6.45, 7) is 2.68. The highest BCUT2D eigenvalue weighted by Crippen LogP contribution is 2.30. The van der Waals surface area contributed by atoms with E-state index in [0.29, 0.717) is 13.2 Å². The smallest absolute Gasteiger partial charge is 0.258 e. The second-order valence-electron chi connectivity index (χ2n) is 6.74. The monoisotopic (exact) mass is 516 g/mol. The number of halogens is 2. The first-order valence-electron chi connectivity index (χ1n) is 9.32. The predicted octanol–water partition coefficient (Wildman–Crippen LogP) is 3.38. The van der Waals surface area contributed by atoms with Crippen molar-refractivity contribution in [2.45, 2.75) is 17.9 Å². The van der Waals surface area contributed by atoms with Crippen molar-refractivity contribution in [3.05, 3.63) is 57.5 Å². The number of ether oxygens (including phenoxy) is 2. The van der Waals surface area contributed by atoms with Gasteiger partial charge in [-0.1, -0.05) is 39.7 Å². The van der Waals surface area contributed by atoms with E-state index >= 15 is 0 Å². The van der Waals surface area contributed by atoms with Gasteiger partial charge in [0.1, 0.15) is 10.6 Å². The molecule has 0 bridgehead atoms. The molecule has 1 aliphatic heterocycles. The van der Waals surface area contributed by atoms with Gasteiger partial charge in [0.2, 0.25) is 10.0 Å². The van der Waals surface area contributed by atoms with Crippen LogP contribution in [-0.4, -0.2) is 51.5 Å². The Bertz CT molecular complexity index is 1010. The molecule has 1 N–H and O–H groups in total. The molecular formula is C20H22BrClN2O5S. The van der Waals surface area contributed by atoms with Crippen LogP contribution in [0.25, 0.3) is 0 Å². The molecule has 1 heterocycles. The van der Waals surface area contributed by atoms with Crippen molar-refractivity contribution in [2.75, 3.05) is 32.9 Å². The minimum absolute atomic E-state index is 0.0651. The van der Waals surface area contributed by atoms with Gasteiger partial charge in [-0.05, 0) is 42.8 Å². The lowest BCUT2D eigenvalue weighted by atomic mass is 10.1. The quantitative estimate of drug-likeness (QED) is 0.609. The maximum atomic E-state index is 13.0. The number of carbonyl (C=O) groups is 1. The SMILES string of the molecule is CC(NC(=O)COc1ccc(Cl)cc1S(=O)(=O)N1CCOCC1)c1cccc(Br)c1. The van der Waals surface area contributed by atoms with E-state index in [-0.39, 0.29) is 47.3 Å². The van der Waals surface area contributed by atoms with Gasteiger partial charge in [0.05, 0.1) is 19.3 Å². The first kappa shape index (κ1) is 23.0. The van der Waals surface area contributed by atoms with E-state index in [1.54, 1.807) is 0 Å². The molecule has 2 aromatic rings. The Morgan fingerprint density at radius 3 is 2.70 bits per heavy atom. The van der Waals surface area contributed by atoms with Crippen LogP contribution in [0.1, 0.15) is 18.5 Å². The molecule has 30 heavy (non-hydrogen) atoms. The molecule has 162 valence electrons. The number of carbonyl (C=O) groups excluding carboxylic acids is 1. The summed E-state index contributed by atoms with van der Waals surface area (Å²) >= 11 is 9.43. The number of morpholine rings is 1. The minimum atomic E-state index is -3.83. The Hall–Kier alpha value is -1.65. The normalized spacial score (nSPS) is 16.1. The van der Waals surface area contributed by atoms with Crippen LogP contribution in [0.2, 0.25) is 5.02 Å². The molecule has 1 unspecified atom stereocenters. The number of sulfonamides is 1. The van der Waals surface area contributed by atoms with Crippen molar-refractivity contribution in [1.29, 1.82) is 0 Å². The summed E-state index contributed by atoms with van der Waals surface area (Å²) in [6.07, 6.45) is 0. The molecule has 0 spiro atoms. The Kier molecular flexibility index (Phi) is 7.75. The van der Waals surface area contributed by atoms with Gasteiger partial charge in [-0.15, -0.1) is 0 Å². The van der Waals surface area contributed by atoms with Gasteiger partial charge in [0.15, 0.2) is 6.61 Å². The number of hydrogen-bond acceptors (Lipinski definition) is 5. The van der Waals surface area contributed by atoms with Crippen molar-refractivity contribution < 1.29 is 22.7 Å². The van der Waals surface area contributed by atoms with Gasteiger partial charge in [-0.25, -0.2) is 8.42 Å². The number of benzene rings is 2. The molecule has 1 fully saturated rings. The van der Waals surface area contributed by atoms with Crippen LogP contribution < -0.4 is 10.1 Å². The zero-order chi connectivity index (χ0) is 21.7. The standard InChI is InChI=1S/C20H22BrClN2O5S/c1-14(15-3-2-4-16(21)11-15)23-20(25)13-29-18-6-5-17(22)12-19(18)30(26,27)24-7-9-28-10-8-24/h2-6,11-12,14H,7-10,13H2,1H3,(H,23,25). The summed E-state index contributed by atoms with van der Waals surface area (Å²) < 4.78 is 39.1. The lowest BCUT2D eigenvalue weighted by Gasteiger charge is -2.27. The van der Waals surface area contributed by atoms with E-state index in [4.69, 9.17) is 21.1 Å². The molecule has 0 aromatic heterocycles. The number of nitrogens with one attached hydrogen (secondary N) is 1. The zero-order valence-corrected chi connectivity index (χ0v) is 19.5. The van der Waals surface area contributed by atoms with Gasteiger partial charge in [0, 0.05) is 22.6 Å². The van der Waals surface area contributed by atoms with Crippen molar-refractivity contribution in [3.8, 4) is 5.75 Å². The number of hydrogen-bond donors (Lipinski definition) is 1. The fraction of sp³-hybridized carbons (Fsp3) is 0.350. The summed E-state index contributed by atoms with van der Waals surface area (Å²) in [5.74, 6) is -0.289. The highest BCUT2D eigenvalue weighted by atomic mass is 79.9. The molecule has 10 heteroatoms. The summed E-state index contributed by atoms with van der Waals surface area (Å²) in [7, 11) is -3.83. The van der Waals surface area contributed by atoms with Crippen LogP contribution in [-0.2, 0) is 19.6 Å². The van der Waals surface area contributed by atoms with E-state index in [1.807, 2.05) is 31.2 Å². The third kappa shape index (κ3) is 5.73. The van der Waals surface area contributed by atoms with Crippen LogP contribution in [0, 0.1) is 0 Å². The molecule has 7 nitrogen and oxygen atoms in total. The fourth-order valence-electron chi connectivity index (χ4n) is 3.01. The summed E-state index contributed by atoms with van der Waals surface area (Å²) in [4.78, 5) is 12.3. The molecule has 1 amide bonds. The average molecular weight is 518 g/mol. The highest BCUT2D eigenvalue weighted by molar-refractivity contribution is 9.10. The summed E-state index contributed by atoms with van der Waals surface area (Å²) in [6, 6.07) is 11.7. The van der Waals surface area contributed by atoms with Crippen LogP contribution in [0.15, 0.2) is 51.8 Å². The zero-order valence-electron chi connectivity index (χ0n) is 16.3. The fourth-order valence-corrected chi connectivity index (χ4v) is 5.23. The largest absolute Gasteiger partial charge is 0.482 e. The van der Waals surface area contributed by atoms with Crippen molar-refractivity contribution in [3.63, 3.8) is 0 Å². The van der Waals surface area contributed by atoms with Crippen molar-refractivity contribution in [1.82, 2.24) is 9.62 Å². The second-order valence-corrected chi connectivity index (χ2v) is 10.00. The second kappa shape index (κ2) is 10.1. The van der Waals surface area contributed by atoms with Crippen molar-refractivity contribution >= 4 is 43.5 Å². The lowest BCUT2D eigenvalue weighted by molar-refractivity contribution is -0.123. The van der Waals surface area contributed by atoms with Gasteiger partial charge < -0.3 is 14.8 Å². The maximum Gasteiger partial charge on any atom is 0.258 e. The molecule has 1 atom stereocenters. The van der Waals surface area contributed by atoms with E-state index in [1.165, 1.54) is 22.5 Å². The Balaban J connectivity index is 1.70. The molecular weight excluding hydrogens is 496 g/mol. The number of rotatable bonds is 7. The Labute approximate surface area is 189 Å². The number of nitrogens with zero attached hydrogens (tertiary/aromatic N) is 1. The number of amides is 1. The lowest BCUT2D eigenvalue weighted by Crippen LogP contribution is -2.40. The van der Waals surface area contributed by atoms with E-state index < -0.39 is 10.0 Å². The van der Waals surface area contributed by atoms with Gasteiger partial charge in [0.25, 0.3) is 5.91 Å². The summed E-state index contributed by atoms with van der Waals surface area (Å²) in [5, 5.41) is 3.11. The first-order chi connectivity index (χ1) is 14.3. The Morgan fingerprint density at radius 2 is 2.00 bits per heavy atom. The Morgan fingerprint density at radius 1 is 1.27 bits per heavy atom. The van der Waals surface area contributed by atoms with E-state index in [2.05, 4.69) is 21.2 Å². The highest BCUT2D eigenvalue weighted by Gasteiger charge is 2.30. The predicted molar refractivity (Wildman–Crippen MR) is 117 cm³/mol. The van der Waals surface area contributed by atoms with E-state index in [0.717, 1.165) is 10.0 Å². The molecule has 3 rings (SSSR count). The maximum absolute atomic E-state index is 13.0. The molecule has 0 radical (unpaired) electrons. The third-order valence-electron chi connectivity index (χ3n) is 4.58. The molecule has 1 saturated heterocycles. The van der Waals surface area contributed by atoms with Crippen LogP contribution in [0.3, 0.4) is 0 Å². The average Bonchev–Trinajstić information content (AvgIpc) is 2.73. The van der Waals surface area contributed by atoms with Gasteiger partial charge >= 0.3 is 0 Å². The molecule has 1 aliphatic rings. The van der Waals surface area contributed by atoms with Crippen molar-refractivity contribution in [2.24, 2.45) is 0 Å². The first-order valence-corrected chi connectivity index (χ1v) is 11.9. The third-order valence-corrected chi connectivity index (χ3v) is 7.23. The molecule has 2 aromatic carbocycles. The summed E-state index contributed by atoms with van der Waals surface area (Å²) in [5.41, 5.74) is 0.930. The minimum Gasteiger partial charge on any atom is -0.482 e. The molecule has 0 saturated carbocycles. The van der Waals surface area contributed by atoms with Gasteiger partial charge in [-0.3, -0.25) is 4.79 Å². The van der Waals surface area contributed by atoms with Gasteiger partial charge in [-0.2, -0.15) is 4.31 Å². The van der Waals surface area contributed by atoms with E-state index in [9.17, 15) is 13.2 Å². The van der Waals surface area contributed by atoms with Crippen LogP contribution >= 0.6 is 27.5 Å².